The van der Waals surface area contributed by atoms with Crippen molar-refractivity contribution in [1.29, 1.82) is 0 Å². The number of nitrogen functional groups attached to an aromatic ring is 1. The van der Waals surface area contributed by atoms with E-state index in [9.17, 15) is 21.6 Å². The summed E-state index contributed by atoms with van der Waals surface area (Å²) in [6, 6.07) is 7.49. The molecule has 2 aromatic heterocycles. The van der Waals surface area contributed by atoms with Crippen LogP contribution in [0.25, 0.3) is 22.0 Å². The minimum atomic E-state index is -4.53. The molecule has 0 spiro atoms. The average Bonchev–Trinajstić information content (AvgIpc) is 3.24. The molecular weight excluding hydrogens is 463 g/mol. The molecule has 0 aliphatic heterocycles. The van der Waals surface area contributed by atoms with Gasteiger partial charge in [0.1, 0.15) is 16.5 Å². The molecule has 32 heavy (non-hydrogen) atoms. The van der Waals surface area contributed by atoms with Crippen molar-refractivity contribution in [3.63, 3.8) is 0 Å². The summed E-state index contributed by atoms with van der Waals surface area (Å²) < 4.78 is 70.1. The summed E-state index contributed by atoms with van der Waals surface area (Å²) in [5, 5.41) is 2.64. The Labute approximate surface area is 185 Å². The van der Waals surface area contributed by atoms with Gasteiger partial charge in [0.05, 0.1) is 35.0 Å². The van der Waals surface area contributed by atoms with E-state index in [1.54, 1.807) is 11.4 Å². The number of ether oxygens (including phenoxy) is 1. The molecule has 11 heteroatoms. The lowest BCUT2D eigenvalue weighted by atomic mass is 9.97. The van der Waals surface area contributed by atoms with Gasteiger partial charge < -0.3 is 10.5 Å². The Morgan fingerprint density at radius 2 is 1.91 bits per heavy atom. The minimum absolute atomic E-state index is 0.0144. The Balaban J connectivity index is 1.84. The number of sulfone groups is 1. The standard InChI is InChI=1S/C21H16F3N3O3S2/c1-30-18-8-12(21(22,23)24)2-4-15(18)20-14-5-3-13(9-17(14)27-10-16(20)25)32(28,29)11-19-26-6-7-31-19/h2-10H,11,25H2,1H3. The predicted octanol–water partition coefficient (Wildman–Crippen LogP) is 4.94. The van der Waals surface area contributed by atoms with Crippen LogP contribution in [-0.2, 0) is 21.8 Å². The van der Waals surface area contributed by atoms with Gasteiger partial charge in [0.25, 0.3) is 0 Å². The van der Waals surface area contributed by atoms with Crippen LogP contribution in [0.15, 0.2) is 59.1 Å². The fourth-order valence-corrected chi connectivity index (χ4v) is 5.60. The molecule has 0 saturated carbocycles. The number of aromatic nitrogens is 2. The van der Waals surface area contributed by atoms with Gasteiger partial charge in [-0.15, -0.1) is 11.3 Å². The number of thiazole rings is 1. The highest BCUT2D eigenvalue weighted by atomic mass is 32.2. The quantitative estimate of drug-likeness (QED) is 0.436. The lowest BCUT2D eigenvalue weighted by Gasteiger charge is -2.16. The van der Waals surface area contributed by atoms with Crippen molar-refractivity contribution >= 4 is 37.8 Å². The molecule has 0 atom stereocenters. The van der Waals surface area contributed by atoms with Gasteiger partial charge in [-0.1, -0.05) is 6.07 Å². The smallest absolute Gasteiger partial charge is 0.416 e. The van der Waals surface area contributed by atoms with E-state index in [-0.39, 0.29) is 22.1 Å². The van der Waals surface area contributed by atoms with Gasteiger partial charge in [-0.25, -0.2) is 13.4 Å². The number of pyridine rings is 1. The first-order valence-corrected chi connectivity index (χ1v) is 11.7. The number of alkyl halides is 3. The fraction of sp³-hybridized carbons (Fsp3) is 0.143. The van der Waals surface area contributed by atoms with E-state index in [2.05, 4.69) is 9.97 Å². The third-order valence-corrected chi connectivity index (χ3v) is 7.41. The number of halogens is 3. The van der Waals surface area contributed by atoms with Crippen LogP contribution in [0.4, 0.5) is 18.9 Å². The largest absolute Gasteiger partial charge is 0.496 e. The summed E-state index contributed by atoms with van der Waals surface area (Å²) in [4.78, 5) is 8.30. The van der Waals surface area contributed by atoms with Crippen LogP contribution in [0.3, 0.4) is 0 Å². The summed E-state index contributed by atoms with van der Waals surface area (Å²) in [6.45, 7) is 0. The lowest BCUT2D eigenvalue weighted by molar-refractivity contribution is -0.137. The Hall–Kier alpha value is -3.18. The van der Waals surface area contributed by atoms with Crippen LogP contribution < -0.4 is 10.5 Å². The monoisotopic (exact) mass is 479 g/mol. The predicted molar refractivity (Wildman–Crippen MR) is 116 cm³/mol. The van der Waals surface area contributed by atoms with Crippen LogP contribution in [0, 0.1) is 0 Å². The van der Waals surface area contributed by atoms with Gasteiger partial charge in [-0.05, 0) is 30.3 Å². The van der Waals surface area contributed by atoms with Crippen LogP contribution in [-0.4, -0.2) is 25.5 Å². The number of hydrogen-bond acceptors (Lipinski definition) is 7. The summed E-state index contributed by atoms with van der Waals surface area (Å²) in [5.41, 5.74) is 6.55. The molecular formula is C21H16F3N3O3S2. The zero-order valence-electron chi connectivity index (χ0n) is 16.6. The third-order valence-electron chi connectivity index (χ3n) is 4.82. The van der Waals surface area contributed by atoms with E-state index in [4.69, 9.17) is 10.5 Å². The SMILES string of the molecule is COc1cc(C(F)(F)F)ccc1-c1c(N)cnc2cc(S(=O)(=O)Cc3nccs3)ccc12. The maximum Gasteiger partial charge on any atom is 0.416 e. The molecule has 166 valence electrons. The lowest BCUT2D eigenvalue weighted by Crippen LogP contribution is -2.06. The Bertz CT molecular complexity index is 1400. The first kappa shape index (κ1) is 22.0. The van der Waals surface area contributed by atoms with Crippen molar-refractivity contribution < 1.29 is 26.3 Å². The zero-order chi connectivity index (χ0) is 23.1. The van der Waals surface area contributed by atoms with Crippen molar-refractivity contribution in [2.24, 2.45) is 0 Å². The summed E-state index contributed by atoms with van der Waals surface area (Å²) in [6.07, 6.45) is -1.66. The molecule has 0 unspecified atom stereocenters. The maximum absolute atomic E-state index is 13.1. The highest BCUT2D eigenvalue weighted by Gasteiger charge is 2.31. The summed E-state index contributed by atoms with van der Waals surface area (Å²) in [5.74, 6) is -0.260. The molecule has 2 N–H and O–H groups in total. The van der Waals surface area contributed by atoms with E-state index < -0.39 is 21.6 Å². The molecule has 0 saturated heterocycles. The molecule has 0 bridgehead atoms. The van der Waals surface area contributed by atoms with Crippen molar-refractivity contribution in [3.05, 3.63) is 64.7 Å². The number of nitrogens with zero attached hydrogens (tertiary/aromatic N) is 2. The molecule has 4 aromatic rings. The Morgan fingerprint density at radius 3 is 2.56 bits per heavy atom. The van der Waals surface area contributed by atoms with Crippen LogP contribution in [0.5, 0.6) is 5.75 Å². The second-order valence-corrected chi connectivity index (χ2v) is 9.83. The third kappa shape index (κ3) is 4.13. The molecule has 0 aliphatic rings. The molecule has 0 aliphatic carbocycles. The summed E-state index contributed by atoms with van der Waals surface area (Å²) in [7, 11) is -2.40. The van der Waals surface area contributed by atoms with Gasteiger partial charge in [0.15, 0.2) is 9.84 Å². The Kier molecular flexibility index (Phi) is 5.55. The van der Waals surface area contributed by atoms with E-state index in [0.717, 1.165) is 12.1 Å². The highest BCUT2D eigenvalue weighted by molar-refractivity contribution is 7.90. The van der Waals surface area contributed by atoms with Crippen LogP contribution in [0.2, 0.25) is 0 Å². The normalized spacial score (nSPS) is 12.2. The van der Waals surface area contributed by atoms with Gasteiger partial charge >= 0.3 is 6.18 Å². The second kappa shape index (κ2) is 8.06. The van der Waals surface area contributed by atoms with Gasteiger partial charge in [-0.3, -0.25) is 4.98 Å². The summed E-state index contributed by atoms with van der Waals surface area (Å²) >= 11 is 1.24. The number of anilines is 1. The number of methoxy groups -OCH3 is 1. The molecule has 0 radical (unpaired) electrons. The Morgan fingerprint density at radius 1 is 1.12 bits per heavy atom. The topological polar surface area (TPSA) is 95.2 Å². The molecule has 0 fully saturated rings. The van der Waals surface area contributed by atoms with E-state index >= 15 is 0 Å². The highest BCUT2D eigenvalue weighted by Crippen LogP contribution is 2.41. The van der Waals surface area contributed by atoms with Gasteiger partial charge in [-0.2, -0.15) is 13.2 Å². The second-order valence-electron chi connectivity index (χ2n) is 6.87. The maximum atomic E-state index is 13.1. The average molecular weight is 480 g/mol. The van der Waals surface area contributed by atoms with Crippen molar-refractivity contribution in [2.45, 2.75) is 16.8 Å². The number of fused-ring (bicyclic) bond motifs is 1. The van der Waals surface area contributed by atoms with Crippen LogP contribution >= 0.6 is 11.3 Å². The van der Waals surface area contributed by atoms with Crippen LogP contribution in [0.1, 0.15) is 10.6 Å². The van der Waals surface area contributed by atoms with Crippen molar-refractivity contribution in [2.75, 3.05) is 12.8 Å². The first-order chi connectivity index (χ1) is 15.1. The number of hydrogen-bond donors (Lipinski definition) is 1. The van der Waals surface area contributed by atoms with Crippen molar-refractivity contribution in [3.8, 4) is 16.9 Å². The zero-order valence-corrected chi connectivity index (χ0v) is 18.2. The molecule has 0 amide bonds. The first-order valence-electron chi connectivity index (χ1n) is 9.15. The van der Waals surface area contributed by atoms with Gasteiger partial charge in [0.2, 0.25) is 0 Å². The van der Waals surface area contributed by atoms with Gasteiger partial charge in [0, 0.05) is 28.1 Å². The number of rotatable bonds is 5. The van der Waals surface area contributed by atoms with E-state index in [1.165, 1.54) is 49.0 Å². The number of nitrogens with two attached hydrogens (primary N) is 1. The van der Waals surface area contributed by atoms with E-state index in [0.29, 0.717) is 27.0 Å². The fourth-order valence-electron chi connectivity index (χ4n) is 3.33. The van der Waals surface area contributed by atoms with E-state index in [1.807, 2.05) is 0 Å². The minimum Gasteiger partial charge on any atom is -0.496 e. The molecule has 2 heterocycles. The molecule has 6 nitrogen and oxygen atoms in total. The van der Waals surface area contributed by atoms with Crippen molar-refractivity contribution in [1.82, 2.24) is 9.97 Å². The number of benzene rings is 2. The molecule has 2 aromatic carbocycles. The molecule has 4 rings (SSSR count).